The third kappa shape index (κ3) is 5.88. The number of hydrogen-bond acceptors (Lipinski definition) is 4. The Morgan fingerprint density at radius 1 is 1.08 bits per heavy atom. The average molecular weight is 343 g/mol. The Labute approximate surface area is 149 Å². The predicted molar refractivity (Wildman–Crippen MR) is 96.6 cm³/mol. The smallest absolute Gasteiger partial charge is 0.127 e. The van der Waals surface area contributed by atoms with E-state index in [-0.39, 0.29) is 5.82 Å². The predicted octanol–water partition coefficient (Wildman–Crippen LogP) is 2.95. The monoisotopic (exact) mass is 343 g/mol. The highest BCUT2D eigenvalue weighted by Gasteiger charge is 2.13. The summed E-state index contributed by atoms with van der Waals surface area (Å²) in [5.41, 5.74) is 1.91. The molecule has 0 unspecified atom stereocenters. The zero-order valence-corrected chi connectivity index (χ0v) is 14.6. The van der Waals surface area contributed by atoms with Crippen LogP contribution in [0.3, 0.4) is 0 Å². The van der Waals surface area contributed by atoms with Gasteiger partial charge in [-0.1, -0.05) is 24.3 Å². The van der Waals surface area contributed by atoms with Crippen molar-refractivity contribution in [2.24, 2.45) is 0 Å². The fourth-order valence-electron chi connectivity index (χ4n) is 3.17. The summed E-state index contributed by atoms with van der Waals surface area (Å²) in [5, 5.41) is 0. The molecule has 5 heteroatoms. The van der Waals surface area contributed by atoms with E-state index in [1.165, 1.54) is 6.07 Å². The summed E-state index contributed by atoms with van der Waals surface area (Å²) < 4.78 is 19.4. The van der Waals surface area contributed by atoms with Crippen LogP contribution in [0.4, 0.5) is 4.39 Å². The van der Waals surface area contributed by atoms with Crippen LogP contribution in [0, 0.1) is 5.82 Å². The standard InChI is InChI=1S/C20H26FN3O/c21-20-7-2-1-6-19(20)17-24(16-18-5-3-8-22-15-18)10-4-9-23-11-13-25-14-12-23/h1-3,5-8,15H,4,9-14,16-17H2. The molecule has 0 atom stereocenters. The maximum atomic E-state index is 14.0. The third-order valence-corrected chi connectivity index (χ3v) is 4.53. The number of benzene rings is 1. The number of nitrogens with zero attached hydrogens (tertiary/aromatic N) is 3. The van der Waals surface area contributed by atoms with Gasteiger partial charge in [0, 0.05) is 50.7 Å². The molecule has 4 nitrogen and oxygen atoms in total. The van der Waals surface area contributed by atoms with Gasteiger partial charge in [-0.05, 0) is 30.7 Å². The lowest BCUT2D eigenvalue weighted by molar-refractivity contribution is 0.0358. The summed E-state index contributed by atoms with van der Waals surface area (Å²) in [5.74, 6) is -0.133. The lowest BCUT2D eigenvalue weighted by Crippen LogP contribution is -2.38. The maximum absolute atomic E-state index is 14.0. The summed E-state index contributed by atoms with van der Waals surface area (Å²) >= 11 is 0. The van der Waals surface area contributed by atoms with Crippen molar-refractivity contribution in [1.29, 1.82) is 0 Å². The quantitative estimate of drug-likeness (QED) is 0.737. The van der Waals surface area contributed by atoms with E-state index in [0.717, 1.165) is 63.5 Å². The Morgan fingerprint density at radius 2 is 1.92 bits per heavy atom. The minimum Gasteiger partial charge on any atom is -0.379 e. The van der Waals surface area contributed by atoms with E-state index >= 15 is 0 Å². The second-order valence-electron chi connectivity index (χ2n) is 6.47. The van der Waals surface area contributed by atoms with Crippen LogP contribution in [0.15, 0.2) is 48.8 Å². The topological polar surface area (TPSA) is 28.6 Å². The molecule has 0 spiro atoms. The van der Waals surface area contributed by atoms with Crippen molar-refractivity contribution in [1.82, 2.24) is 14.8 Å². The van der Waals surface area contributed by atoms with E-state index in [0.29, 0.717) is 6.54 Å². The summed E-state index contributed by atoms with van der Waals surface area (Å²) in [4.78, 5) is 8.93. The van der Waals surface area contributed by atoms with Gasteiger partial charge < -0.3 is 4.74 Å². The van der Waals surface area contributed by atoms with Gasteiger partial charge in [0.15, 0.2) is 0 Å². The largest absolute Gasteiger partial charge is 0.379 e. The molecule has 0 N–H and O–H groups in total. The van der Waals surface area contributed by atoms with Crippen molar-refractivity contribution >= 4 is 0 Å². The molecule has 1 saturated heterocycles. The van der Waals surface area contributed by atoms with Gasteiger partial charge in [-0.15, -0.1) is 0 Å². The second-order valence-corrected chi connectivity index (χ2v) is 6.47. The Morgan fingerprint density at radius 3 is 2.68 bits per heavy atom. The maximum Gasteiger partial charge on any atom is 0.127 e. The van der Waals surface area contributed by atoms with E-state index in [9.17, 15) is 4.39 Å². The van der Waals surface area contributed by atoms with Gasteiger partial charge in [-0.25, -0.2) is 4.39 Å². The van der Waals surface area contributed by atoms with Crippen LogP contribution in [0.1, 0.15) is 17.5 Å². The molecule has 0 amide bonds. The first-order chi connectivity index (χ1) is 12.3. The fraction of sp³-hybridized carbons (Fsp3) is 0.450. The first-order valence-corrected chi connectivity index (χ1v) is 8.96. The summed E-state index contributed by atoms with van der Waals surface area (Å²) in [6, 6.07) is 11.1. The SMILES string of the molecule is Fc1ccccc1CN(CCCN1CCOCC1)Cc1cccnc1. The molecule has 2 heterocycles. The summed E-state index contributed by atoms with van der Waals surface area (Å²) in [6.45, 7) is 7.07. The molecular formula is C20H26FN3O. The molecule has 3 rings (SSSR count). The Bertz CT molecular complexity index is 632. The van der Waals surface area contributed by atoms with E-state index in [1.807, 2.05) is 24.4 Å². The third-order valence-electron chi connectivity index (χ3n) is 4.53. The fourth-order valence-corrected chi connectivity index (χ4v) is 3.17. The molecule has 2 aromatic rings. The van der Waals surface area contributed by atoms with Crippen LogP contribution in [0.25, 0.3) is 0 Å². The van der Waals surface area contributed by atoms with E-state index in [2.05, 4.69) is 20.9 Å². The van der Waals surface area contributed by atoms with Crippen LogP contribution in [0.5, 0.6) is 0 Å². The number of hydrogen-bond donors (Lipinski definition) is 0. The number of morpholine rings is 1. The van der Waals surface area contributed by atoms with Crippen molar-refractivity contribution in [2.75, 3.05) is 39.4 Å². The minimum atomic E-state index is -0.133. The Balaban J connectivity index is 1.58. The molecule has 0 aliphatic carbocycles. The molecule has 1 aromatic carbocycles. The van der Waals surface area contributed by atoms with Gasteiger partial charge in [0.1, 0.15) is 5.82 Å². The Hall–Kier alpha value is -1.82. The highest BCUT2D eigenvalue weighted by Crippen LogP contribution is 2.13. The van der Waals surface area contributed by atoms with Crippen molar-refractivity contribution < 1.29 is 9.13 Å². The molecule has 0 radical (unpaired) electrons. The van der Waals surface area contributed by atoms with Crippen molar-refractivity contribution in [3.8, 4) is 0 Å². The second kappa shape index (κ2) is 9.61. The van der Waals surface area contributed by atoms with Gasteiger partial charge in [-0.3, -0.25) is 14.8 Å². The molecule has 1 aliphatic rings. The zero-order valence-electron chi connectivity index (χ0n) is 14.6. The number of pyridine rings is 1. The normalized spacial score (nSPS) is 15.6. The van der Waals surface area contributed by atoms with Gasteiger partial charge in [0.05, 0.1) is 13.2 Å². The van der Waals surface area contributed by atoms with Crippen LogP contribution < -0.4 is 0 Å². The van der Waals surface area contributed by atoms with Crippen molar-refractivity contribution in [3.05, 3.63) is 65.7 Å². The van der Waals surface area contributed by atoms with Crippen molar-refractivity contribution in [2.45, 2.75) is 19.5 Å². The molecule has 1 fully saturated rings. The van der Waals surface area contributed by atoms with Crippen LogP contribution >= 0.6 is 0 Å². The van der Waals surface area contributed by atoms with Crippen LogP contribution in [-0.4, -0.2) is 54.2 Å². The molecule has 25 heavy (non-hydrogen) atoms. The average Bonchev–Trinajstić information content (AvgIpc) is 2.65. The lowest BCUT2D eigenvalue weighted by atomic mass is 10.1. The van der Waals surface area contributed by atoms with E-state index in [1.54, 1.807) is 12.3 Å². The van der Waals surface area contributed by atoms with Gasteiger partial charge >= 0.3 is 0 Å². The highest BCUT2D eigenvalue weighted by molar-refractivity contribution is 5.17. The number of ether oxygens (including phenoxy) is 1. The molecule has 0 saturated carbocycles. The molecular weight excluding hydrogens is 317 g/mol. The van der Waals surface area contributed by atoms with Crippen molar-refractivity contribution in [3.63, 3.8) is 0 Å². The number of rotatable bonds is 8. The number of aromatic nitrogens is 1. The zero-order chi connectivity index (χ0) is 17.3. The lowest BCUT2D eigenvalue weighted by Gasteiger charge is -2.28. The first kappa shape index (κ1) is 18.0. The summed E-state index contributed by atoms with van der Waals surface area (Å²) in [7, 11) is 0. The van der Waals surface area contributed by atoms with Gasteiger partial charge in [0.2, 0.25) is 0 Å². The summed E-state index contributed by atoms with van der Waals surface area (Å²) in [6.07, 6.45) is 4.73. The van der Waals surface area contributed by atoms with Gasteiger partial charge in [-0.2, -0.15) is 0 Å². The van der Waals surface area contributed by atoms with Crippen LogP contribution in [-0.2, 0) is 17.8 Å². The first-order valence-electron chi connectivity index (χ1n) is 8.96. The molecule has 134 valence electrons. The highest BCUT2D eigenvalue weighted by atomic mass is 19.1. The van der Waals surface area contributed by atoms with Crippen LogP contribution in [0.2, 0.25) is 0 Å². The van der Waals surface area contributed by atoms with E-state index < -0.39 is 0 Å². The minimum absolute atomic E-state index is 0.133. The molecule has 0 bridgehead atoms. The van der Waals surface area contributed by atoms with E-state index in [4.69, 9.17) is 4.74 Å². The molecule has 1 aliphatic heterocycles. The Kier molecular flexibility index (Phi) is 6.91. The number of halogens is 1. The van der Waals surface area contributed by atoms with Gasteiger partial charge in [0.25, 0.3) is 0 Å². The molecule has 1 aromatic heterocycles.